The quantitative estimate of drug-likeness (QED) is 0.846. The van der Waals surface area contributed by atoms with E-state index in [1.54, 1.807) is 14.2 Å². The molecule has 4 heteroatoms. The molecule has 0 amide bonds. The predicted molar refractivity (Wildman–Crippen MR) is 83.2 cm³/mol. The summed E-state index contributed by atoms with van der Waals surface area (Å²) in [6, 6.07) is 6.90. The molecule has 1 aromatic heterocycles. The largest absolute Gasteiger partial charge is 0.481 e. The topological polar surface area (TPSA) is 44.2 Å². The Bertz CT molecular complexity index is 619. The average Bonchev–Trinajstić information content (AvgIpc) is 2.45. The Hall–Kier alpha value is -2.10. The Morgan fingerprint density at radius 2 is 1.62 bits per heavy atom. The Labute approximate surface area is 126 Å². The van der Waals surface area contributed by atoms with Gasteiger partial charge in [0.05, 0.1) is 19.9 Å². The molecule has 0 spiro atoms. The summed E-state index contributed by atoms with van der Waals surface area (Å²) in [5.74, 6) is 0.601. The van der Waals surface area contributed by atoms with E-state index in [2.05, 4.69) is 48.9 Å². The predicted octanol–water partition coefficient (Wildman–Crippen LogP) is 3.26. The highest BCUT2D eigenvalue weighted by atomic mass is 16.5. The molecule has 0 radical (unpaired) electrons. The first-order chi connectivity index (χ1) is 10.1. The van der Waals surface area contributed by atoms with Gasteiger partial charge in [-0.15, -0.1) is 0 Å². The number of ether oxygens (including phenoxy) is 2. The third-order valence-corrected chi connectivity index (χ3v) is 3.42. The maximum absolute atomic E-state index is 5.37. The van der Waals surface area contributed by atoms with Crippen LogP contribution in [0.2, 0.25) is 0 Å². The number of nitrogens with zero attached hydrogens (tertiary/aromatic N) is 2. The summed E-state index contributed by atoms with van der Waals surface area (Å²) in [7, 11) is 3.20. The zero-order valence-electron chi connectivity index (χ0n) is 13.4. The van der Waals surface area contributed by atoms with Gasteiger partial charge in [0.25, 0.3) is 0 Å². The van der Waals surface area contributed by atoms with Crippen LogP contribution in [0.15, 0.2) is 18.2 Å². The fourth-order valence-electron chi connectivity index (χ4n) is 2.61. The highest BCUT2D eigenvalue weighted by Gasteiger charge is 2.14. The van der Waals surface area contributed by atoms with Crippen molar-refractivity contribution in [3.63, 3.8) is 0 Å². The van der Waals surface area contributed by atoms with Crippen molar-refractivity contribution in [2.24, 2.45) is 0 Å². The van der Waals surface area contributed by atoms with Crippen LogP contribution in [-0.4, -0.2) is 24.2 Å². The molecule has 0 aliphatic rings. The van der Waals surface area contributed by atoms with Crippen molar-refractivity contribution in [1.82, 2.24) is 9.97 Å². The van der Waals surface area contributed by atoms with Gasteiger partial charge in [-0.05, 0) is 25.8 Å². The van der Waals surface area contributed by atoms with Crippen molar-refractivity contribution in [3.8, 4) is 11.9 Å². The molecule has 0 atom stereocenters. The molecule has 2 aromatic rings. The van der Waals surface area contributed by atoms with Gasteiger partial charge in [0.1, 0.15) is 0 Å². The lowest BCUT2D eigenvalue weighted by Gasteiger charge is -2.13. The van der Waals surface area contributed by atoms with Crippen molar-refractivity contribution in [2.75, 3.05) is 14.2 Å². The molecule has 21 heavy (non-hydrogen) atoms. The average molecular weight is 286 g/mol. The Balaban J connectivity index is 2.46. The summed E-state index contributed by atoms with van der Waals surface area (Å²) < 4.78 is 10.6. The van der Waals surface area contributed by atoms with E-state index in [0.29, 0.717) is 11.9 Å². The van der Waals surface area contributed by atoms with Crippen LogP contribution in [0.4, 0.5) is 0 Å². The molecule has 112 valence electrons. The number of benzene rings is 1. The Morgan fingerprint density at radius 3 is 2.14 bits per heavy atom. The van der Waals surface area contributed by atoms with E-state index in [-0.39, 0.29) is 0 Å². The van der Waals surface area contributed by atoms with Gasteiger partial charge in [0.2, 0.25) is 5.88 Å². The van der Waals surface area contributed by atoms with Crippen molar-refractivity contribution >= 4 is 0 Å². The first kappa shape index (κ1) is 15.3. The van der Waals surface area contributed by atoms with Crippen LogP contribution in [0.3, 0.4) is 0 Å². The molecular formula is C17H22N2O2. The maximum Gasteiger partial charge on any atom is 0.319 e. The Kier molecular flexibility index (Phi) is 4.78. The molecule has 1 aromatic carbocycles. The Morgan fingerprint density at radius 1 is 0.952 bits per heavy atom. The maximum atomic E-state index is 5.37. The second kappa shape index (κ2) is 6.57. The minimum absolute atomic E-state index is 0.350. The smallest absolute Gasteiger partial charge is 0.319 e. The van der Waals surface area contributed by atoms with Gasteiger partial charge in [-0.3, -0.25) is 0 Å². The lowest BCUT2D eigenvalue weighted by atomic mass is 10.0. The van der Waals surface area contributed by atoms with E-state index in [4.69, 9.17) is 9.47 Å². The molecule has 0 bridgehead atoms. The van der Waals surface area contributed by atoms with E-state index < -0.39 is 0 Å². The summed E-state index contributed by atoms with van der Waals surface area (Å²) >= 11 is 0. The zero-order chi connectivity index (χ0) is 15.4. The second-order valence-corrected chi connectivity index (χ2v) is 5.17. The van der Waals surface area contributed by atoms with E-state index in [1.807, 2.05) is 0 Å². The SMILES string of the molecule is CCc1c(Cc2cc(C)cc(C)c2)nc(OC)nc1OC. The number of hydrogen-bond acceptors (Lipinski definition) is 4. The van der Waals surface area contributed by atoms with Crippen molar-refractivity contribution in [3.05, 3.63) is 46.1 Å². The first-order valence-electron chi connectivity index (χ1n) is 7.12. The van der Waals surface area contributed by atoms with Crippen molar-refractivity contribution in [2.45, 2.75) is 33.6 Å². The lowest BCUT2D eigenvalue weighted by molar-refractivity contribution is 0.347. The van der Waals surface area contributed by atoms with Crippen LogP contribution < -0.4 is 9.47 Å². The van der Waals surface area contributed by atoms with Crippen LogP contribution in [0, 0.1) is 13.8 Å². The molecule has 0 N–H and O–H groups in total. The molecule has 0 unspecified atom stereocenters. The van der Waals surface area contributed by atoms with Gasteiger partial charge in [0, 0.05) is 12.0 Å². The van der Waals surface area contributed by atoms with Gasteiger partial charge in [-0.1, -0.05) is 36.2 Å². The van der Waals surface area contributed by atoms with Crippen LogP contribution in [0.1, 0.15) is 34.9 Å². The number of hydrogen-bond donors (Lipinski definition) is 0. The van der Waals surface area contributed by atoms with Gasteiger partial charge in [-0.2, -0.15) is 9.97 Å². The molecule has 1 heterocycles. The fourth-order valence-corrected chi connectivity index (χ4v) is 2.61. The number of rotatable bonds is 5. The summed E-state index contributed by atoms with van der Waals surface area (Å²) in [5, 5.41) is 0. The van der Waals surface area contributed by atoms with Gasteiger partial charge in [-0.25, -0.2) is 0 Å². The molecule has 0 aliphatic carbocycles. The van der Waals surface area contributed by atoms with Crippen LogP contribution in [0.25, 0.3) is 0 Å². The zero-order valence-corrected chi connectivity index (χ0v) is 13.4. The first-order valence-corrected chi connectivity index (χ1v) is 7.12. The summed E-state index contributed by atoms with van der Waals surface area (Å²) in [5.41, 5.74) is 5.76. The van der Waals surface area contributed by atoms with E-state index >= 15 is 0 Å². The highest BCUT2D eigenvalue weighted by molar-refractivity contribution is 5.38. The number of aryl methyl sites for hydroxylation is 2. The molecule has 2 rings (SSSR count). The summed E-state index contributed by atoms with van der Waals surface area (Å²) in [4.78, 5) is 8.77. The molecule has 4 nitrogen and oxygen atoms in total. The standard InChI is InChI=1S/C17H22N2O2/c1-6-14-15(18-17(21-5)19-16(14)20-4)10-13-8-11(2)7-12(3)9-13/h7-9H,6,10H2,1-5H3. The molecule has 0 saturated heterocycles. The van der Waals surface area contributed by atoms with E-state index in [9.17, 15) is 0 Å². The third-order valence-electron chi connectivity index (χ3n) is 3.42. The monoisotopic (exact) mass is 286 g/mol. The second-order valence-electron chi connectivity index (χ2n) is 5.17. The molecular weight excluding hydrogens is 264 g/mol. The normalized spacial score (nSPS) is 10.5. The van der Waals surface area contributed by atoms with Gasteiger partial charge >= 0.3 is 6.01 Å². The summed E-state index contributed by atoms with van der Waals surface area (Å²) in [6.45, 7) is 6.30. The summed E-state index contributed by atoms with van der Waals surface area (Å²) in [6.07, 6.45) is 1.58. The van der Waals surface area contributed by atoms with Crippen molar-refractivity contribution < 1.29 is 9.47 Å². The van der Waals surface area contributed by atoms with Crippen LogP contribution >= 0.6 is 0 Å². The minimum Gasteiger partial charge on any atom is -0.481 e. The van der Waals surface area contributed by atoms with Crippen LogP contribution in [-0.2, 0) is 12.8 Å². The van der Waals surface area contributed by atoms with Gasteiger partial charge < -0.3 is 9.47 Å². The van der Waals surface area contributed by atoms with Crippen LogP contribution in [0.5, 0.6) is 11.9 Å². The molecule has 0 fully saturated rings. The number of methoxy groups -OCH3 is 2. The lowest BCUT2D eigenvalue weighted by Crippen LogP contribution is -2.06. The third kappa shape index (κ3) is 3.51. The van der Waals surface area contributed by atoms with Crippen molar-refractivity contribution in [1.29, 1.82) is 0 Å². The highest BCUT2D eigenvalue weighted by Crippen LogP contribution is 2.25. The fraction of sp³-hybridized carbons (Fsp3) is 0.412. The minimum atomic E-state index is 0.350. The number of aromatic nitrogens is 2. The molecule has 0 saturated carbocycles. The van der Waals surface area contributed by atoms with E-state index in [0.717, 1.165) is 24.1 Å². The van der Waals surface area contributed by atoms with Gasteiger partial charge in [0.15, 0.2) is 0 Å². The van der Waals surface area contributed by atoms with E-state index in [1.165, 1.54) is 16.7 Å². The molecule has 0 aliphatic heterocycles.